The van der Waals surface area contributed by atoms with Crippen LogP contribution in [0.5, 0.6) is 0 Å². The predicted octanol–water partition coefficient (Wildman–Crippen LogP) is 3.02. The zero-order chi connectivity index (χ0) is 19.8. The number of hydrogen-bond acceptors (Lipinski definition) is 4. The third kappa shape index (κ3) is 4.46. The Labute approximate surface area is 159 Å². The fourth-order valence-corrected chi connectivity index (χ4v) is 4.15. The maximum absolute atomic E-state index is 13.0. The normalized spacial score (nSPS) is 15.4. The van der Waals surface area contributed by atoms with Crippen molar-refractivity contribution in [1.29, 1.82) is 0 Å². The number of hydrogen-bond donors (Lipinski definition) is 1. The maximum atomic E-state index is 13.0. The van der Waals surface area contributed by atoms with Crippen molar-refractivity contribution in [2.45, 2.75) is 56.3 Å². The largest absolute Gasteiger partial charge is 0.436 e. The third-order valence-electron chi connectivity index (χ3n) is 4.25. The SMILES string of the molecule is CCn1cc(S(=O)(=O)NCCCn2nc(C(F)(F)F)c(Cl)c2C2CC2)cn1. The highest BCUT2D eigenvalue weighted by molar-refractivity contribution is 7.89. The van der Waals surface area contributed by atoms with Gasteiger partial charge in [-0.3, -0.25) is 9.36 Å². The first kappa shape index (κ1) is 20.2. The van der Waals surface area contributed by atoms with Gasteiger partial charge in [0.2, 0.25) is 10.0 Å². The average Bonchev–Trinajstić information content (AvgIpc) is 3.17. The third-order valence-corrected chi connectivity index (χ3v) is 6.03. The zero-order valence-electron chi connectivity index (χ0n) is 14.5. The quantitative estimate of drug-likeness (QED) is 0.659. The van der Waals surface area contributed by atoms with Gasteiger partial charge in [-0.05, 0) is 26.2 Å². The first-order chi connectivity index (χ1) is 12.6. The molecular weight excluding hydrogens is 407 g/mol. The number of sulfonamides is 1. The molecule has 0 amide bonds. The van der Waals surface area contributed by atoms with E-state index in [4.69, 9.17) is 11.6 Å². The summed E-state index contributed by atoms with van der Waals surface area (Å²) in [7, 11) is -3.71. The van der Waals surface area contributed by atoms with Gasteiger partial charge in [-0.2, -0.15) is 23.4 Å². The highest BCUT2D eigenvalue weighted by Crippen LogP contribution is 2.46. The minimum atomic E-state index is -4.62. The highest BCUT2D eigenvalue weighted by atomic mass is 35.5. The lowest BCUT2D eigenvalue weighted by Gasteiger charge is -2.08. The molecule has 0 unspecified atom stereocenters. The van der Waals surface area contributed by atoms with Gasteiger partial charge in [-0.15, -0.1) is 0 Å². The number of rotatable bonds is 8. The fourth-order valence-electron chi connectivity index (χ4n) is 2.73. The summed E-state index contributed by atoms with van der Waals surface area (Å²) in [5, 5.41) is 7.18. The molecule has 7 nitrogen and oxygen atoms in total. The van der Waals surface area contributed by atoms with Crippen molar-refractivity contribution in [3.8, 4) is 0 Å². The monoisotopic (exact) mass is 425 g/mol. The summed E-state index contributed by atoms with van der Waals surface area (Å²) in [4.78, 5) is 0.0458. The molecule has 27 heavy (non-hydrogen) atoms. The molecule has 150 valence electrons. The Morgan fingerprint density at radius 2 is 2.07 bits per heavy atom. The molecule has 0 radical (unpaired) electrons. The molecule has 0 aromatic carbocycles. The van der Waals surface area contributed by atoms with Gasteiger partial charge in [0, 0.05) is 31.7 Å². The van der Waals surface area contributed by atoms with E-state index in [9.17, 15) is 21.6 Å². The molecule has 2 heterocycles. The van der Waals surface area contributed by atoms with E-state index in [1.54, 1.807) is 0 Å². The Kier molecular flexibility index (Phi) is 5.55. The maximum Gasteiger partial charge on any atom is 0.436 e. The minimum absolute atomic E-state index is 0.0160. The van der Waals surface area contributed by atoms with Crippen LogP contribution in [0.3, 0.4) is 0 Å². The van der Waals surface area contributed by atoms with Crippen molar-refractivity contribution >= 4 is 21.6 Å². The van der Waals surface area contributed by atoms with Crippen LogP contribution in [0.2, 0.25) is 5.02 Å². The lowest BCUT2D eigenvalue weighted by Crippen LogP contribution is -2.25. The number of nitrogens with one attached hydrogen (secondary N) is 1. The number of aromatic nitrogens is 4. The standard InChI is InChI=1S/C15H19ClF3N5O2S/c1-2-23-9-11(8-20-23)27(25,26)21-6-3-7-24-13(10-4-5-10)12(16)14(22-24)15(17,18)19/h8-10,21H,2-7H2,1H3. The summed E-state index contributed by atoms with van der Waals surface area (Å²) in [6.45, 7) is 2.57. The molecule has 0 spiro atoms. The van der Waals surface area contributed by atoms with Crippen molar-refractivity contribution in [2.75, 3.05) is 6.54 Å². The van der Waals surface area contributed by atoms with E-state index in [2.05, 4.69) is 14.9 Å². The van der Waals surface area contributed by atoms with Crippen LogP contribution in [0.1, 0.15) is 43.5 Å². The van der Waals surface area contributed by atoms with E-state index in [1.165, 1.54) is 21.8 Å². The molecule has 0 bridgehead atoms. The molecule has 2 aromatic heterocycles. The van der Waals surface area contributed by atoms with Crippen LogP contribution >= 0.6 is 11.6 Å². The Morgan fingerprint density at radius 3 is 2.63 bits per heavy atom. The van der Waals surface area contributed by atoms with Gasteiger partial charge in [0.25, 0.3) is 0 Å². The first-order valence-electron chi connectivity index (χ1n) is 8.49. The van der Waals surface area contributed by atoms with Crippen LogP contribution in [0.4, 0.5) is 13.2 Å². The Bertz CT molecular complexity index is 919. The number of nitrogens with zero attached hydrogens (tertiary/aromatic N) is 4. The van der Waals surface area contributed by atoms with Crippen LogP contribution in [-0.2, 0) is 29.3 Å². The van der Waals surface area contributed by atoms with Crippen molar-refractivity contribution in [2.24, 2.45) is 0 Å². The number of alkyl halides is 3. The molecule has 12 heteroatoms. The van der Waals surface area contributed by atoms with Gasteiger partial charge >= 0.3 is 6.18 Å². The summed E-state index contributed by atoms with van der Waals surface area (Å²) in [6, 6.07) is 0. The summed E-state index contributed by atoms with van der Waals surface area (Å²) >= 11 is 5.91. The second kappa shape index (κ2) is 7.44. The minimum Gasteiger partial charge on any atom is -0.272 e. The summed E-state index contributed by atoms with van der Waals surface area (Å²) in [5.74, 6) is -0.0160. The molecule has 2 aromatic rings. The van der Waals surface area contributed by atoms with Gasteiger partial charge in [0.1, 0.15) is 4.90 Å². The van der Waals surface area contributed by atoms with Crippen LogP contribution < -0.4 is 4.72 Å². The van der Waals surface area contributed by atoms with Crippen LogP contribution in [0, 0.1) is 0 Å². The fraction of sp³-hybridized carbons (Fsp3) is 0.600. The summed E-state index contributed by atoms with van der Waals surface area (Å²) in [6.07, 6.45) is -0.132. The van der Waals surface area contributed by atoms with Crippen molar-refractivity contribution in [3.63, 3.8) is 0 Å². The number of aryl methyl sites for hydroxylation is 2. The average molecular weight is 426 g/mol. The Balaban J connectivity index is 1.64. The molecule has 0 saturated heterocycles. The second-order valence-corrected chi connectivity index (χ2v) is 8.47. The van der Waals surface area contributed by atoms with Crippen molar-refractivity contribution in [1.82, 2.24) is 24.3 Å². The van der Waals surface area contributed by atoms with Gasteiger partial charge in [0.05, 0.1) is 16.9 Å². The van der Waals surface area contributed by atoms with Gasteiger partial charge in [0.15, 0.2) is 5.69 Å². The smallest absolute Gasteiger partial charge is 0.272 e. The lowest BCUT2D eigenvalue weighted by molar-refractivity contribution is -0.141. The Morgan fingerprint density at radius 1 is 1.37 bits per heavy atom. The first-order valence-corrected chi connectivity index (χ1v) is 10.3. The van der Waals surface area contributed by atoms with E-state index in [1.807, 2.05) is 6.92 Å². The van der Waals surface area contributed by atoms with Crippen LogP contribution in [-0.4, -0.2) is 34.5 Å². The van der Waals surface area contributed by atoms with Crippen LogP contribution in [0.25, 0.3) is 0 Å². The summed E-state index contributed by atoms with van der Waals surface area (Å²) < 4.78 is 68.6. The predicted molar refractivity (Wildman–Crippen MR) is 91.9 cm³/mol. The number of halogens is 4. The molecule has 3 rings (SSSR count). The van der Waals surface area contributed by atoms with Crippen molar-refractivity contribution < 1.29 is 21.6 Å². The van der Waals surface area contributed by atoms with E-state index >= 15 is 0 Å². The summed E-state index contributed by atoms with van der Waals surface area (Å²) in [5.41, 5.74) is -0.699. The molecule has 0 aliphatic heterocycles. The van der Waals surface area contributed by atoms with E-state index < -0.39 is 21.9 Å². The van der Waals surface area contributed by atoms with Crippen LogP contribution in [0.15, 0.2) is 17.3 Å². The van der Waals surface area contributed by atoms with Gasteiger partial charge in [-0.25, -0.2) is 13.1 Å². The topological polar surface area (TPSA) is 81.8 Å². The molecular formula is C15H19ClF3N5O2S. The van der Waals surface area contributed by atoms with Gasteiger partial charge < -0.3 is 0 Å². The highest BCUT2D eigenvalue weighted by Gasteiger charge is 2.41. The molecule has 1 N–H and O–H groups in total. The molecule has 1 aliphatic carbocycles. The van der Waals surface area contributed by atoms with E-state index in [-0.39, 0.29) is 35.3 Å². The lowest BCUT2D eigenvalue weighted by atomic mass is 10.2. The van der Waals surface area contributed by atoms with E-state index in [0.717, 1.165) is 12.8 Å². The van der Waals surface area contributed by atoms with Gasteiger partial charge in [-0.1, -0.05) is 11.6 Å². The zero-order valence-corrected chi connectivity index (χ0v) is 16.1. The molecule has 1 aliphatic rings. The second-order valence-electron chi connectivity index (χ2n) is 6.33. The molecule has 1 fully saturated rings. The van der Waals surface area contributed by atoms with E-state index in [0.29, 0.717) is 12.2 Å². The molecule has 1 saturated carbocycles. The molecule has 0 atom stereocenters. The Hall–Kier alpha value is -1.59. The van der Waals surface area contributed by atoms with Crippen molar-refractivity contribution in [3.05, 3.63) is 28.8 Å².